The van der Waals surface area contributed by atoms with E-state index in [4.69, 9.17) is 0 Å². The minimum Gasteiger partial charge on any atom is -0.510 e. The quantitative estimate of drug-likeness (QED) is 0.464. The Hall–Kier alpha value is -3.90. The van der Waals surface area contributed by atoms with Crippen molar-refractivity contribution in [2.24, 2.45) is 0 Å². The van der Waals surface area contributed by atoms with Crippen molar-refractivity contribution in [2.75, 3.05) is 52.4 Å². The molecule has 0 aromatic carbocycles. The SMILES string of the molecule is O=C(C(=O)N1CCCCC1N1CC(C2=C(O)CN(C3CCCCN3C(=O)C(=O)N3CCCCC3)C2=O)=CC1=O)N1CCCCC1. The van der Waals surface area contributed by atoms with Gasteiger partial charge in [0.1, 0.15) is 18.1 Å². The first-order chi connectivity index (χ1) is 21.8. The Morgan fingerprint density at radius 2 is 1.04 bits per heavy atom. The van der Waals surface area contributed by atoms with Crippen LogP contribution in [0.2, 0.25) is 0 Å². The highest BCUT2D eigenvalue weighted by molar-refractivity contribution is 6.35. The van der Waals surface area contributed by atoms with E-state index in [0.717, 1.165) is 64.2 Å². The van der Waals surface area contributed by atoms with E-state index < -0.39 is 41.9 Å². The molecule has 6 heterocycles. The van der Waals surface area contributed by atoms with Gasteiger partial charge in [-0.15, -0.1) is 0 Å². The van der Waals surface area contributed by atoms with Crippen molar-refractivity contribution in [3.63, 3.8) is 0 Å². The van der Waals surface area contributed by atoms with E-state index in [1.807, 2.05) is 0 Å². The number of carbonyl (C=O) groups is 6. The molecule has 6 aliphatic rings. The molecule has 2 atom stereocenters. The van der Waals surface area contributed by atoms with Crippen molar-refractivity contribution in [3.05, 3.63) is 23.0 Å². The Balaban J connectivity index is 1.14. The lowest BCUT2D eigenvalue weighted by atomic mass is 10.0. The molecule has 0 saturated carbocycles. The van der Waals surface area contributed by atoms with E-state index >= 15 is 0 Å². The van der Waals surface area contributed by atoms with Gasteiger partial charge in [0.15, 0.2) is 0 Å². The maximum atomic E-state index is 13.9. The van der Waals surface area contributed by atoms with E-state index in [-0.39, 0.29) is 30.3 Å². The lowest BCUT2D eigenvalue weighted by Gasteiger charge is -2.42. The predicted molar refractivity (Wildman–Crippen MR) is 161 cm³/mol. The number of hydrogen-bond acceptors (Lipinski definition) is 7. The molecule has 13 heteroatoms. The highest BCUT2D eigenvalue weighted by atomic mass is 16.3. The molecule has 45 heavy (non-hydrogen) atoms. The fourth-order valence-electron chi connectivity index (χ4n) is 7.75. The van der Waals surface area contributed by atoms with Crippen LogP contribution in [0.3, 0.4) is 0 Å². The van der Waals surface area contributed by atoms with Crippen molar-refractivity contribution < 1.29 is 33.9 Å². The van der Waals surface area contributed by atoms with Gasteiger partial charge < -0.3 is 34.5 Å². The van der Waals surface area contributed by atoms with Gasteiger partial charge in [-0.3, -0.25) is 28.8 Å². The Kier molecular flexibility index (Phi) is 9.14. The summed E-state index contributed by atoms with van der Waals surface area (Å²) in [6, 6.07) is 0. The number of piperidine rings is 4. The molecule has 244 valence electrons. The van der Waals surface area contributed by atoms with E-state index in [2.05, 4.69) is 0 Å². The van der Waals surface area contributed by atoms with Crippen LogP contribution in [0.4, 0.5) is 0 Å². The number of carbonyl (C=O) groups excluding carboxylic acids is 6. The monoisotopic (exact) mass is 624 g/mol. The molecular weight excluding hydrogens is 580 g/mol. The van der Waals surface area contributed by atoms with Gasteiger partial charge in [-0.05, 0) is 82.6 Å². The zero-order valence-electron chi connectivity index (χ0n) is 26.0. The molecule has 0 aromatic heterocycles. The molecule has 6 amide bonds. The summed E-state index contributed by atoms with van der Waals surface area (Å²) >= 11 is 0. The third kappa shape index (κ3) is 6.05. The van der Waals surface area contributed by atoms with Crippen LogP contribution in [0.5, 0.6) is 0 Å². The molecule has 2 unspecified atom stereocenters. The lowest BCUT2D eigenvalue weighted by molar-refractivity contribution is -0.159. The first-order valence-electron chi connectivity index (χ1n) is 16.7. The summed E-state index contributed by atoms with van der Waals surface area (Å²) in [5.41, 5.74) is 0.382. The van der Waals surface area contributed by atoms with Crippen LogP contribution in [0, 0.1) is 0 Å². The highest BCUT2D eigenvalue weighted by Crippen LogP contribution is 2.34. The molecule has 6 rings (SSSR count). The van der Waals surface area contributed by atoms with Gasteiger partial charge in [-0.2, -0.15) is 0 Å². The van der Waals surface area contributed by atoms with Crippen LogP contribution in [0.1, 0.15) is 77.0 Å². The van der Waals surface area contributed by atoms with Crippen LogP contribution in [0.15, 0.2) is 23.0 Å². The standard InChI is InChI=1S/C32H44N6O7/c39-23-21-38(25-12-4-10-18-36(25)32(45)30(43)34-15-7-2-8-16-34)28(41)27(23)22-19-26(40)37(20-22)24-11-3-9-17-35(24)31(44)29(42)33-13-5-1-6-14-33/h19,24-25,39H,1-18,20-21H2. The van der Waals surface area contributed by atoms with E-state index in [1.165, 1.54) is 25.7 Å². The first kappa shape index (κ1) is 31.1. The van der Waals surface area contributed by atoms with Gasteiger partial charge >= 0.3 is 23.6 Å². The fourth-order valence-corrected chi connectivity index (χ4v) is 7.75. The van der Waals surface area contributed by atoms with Gasteiger partial charge in [0.25, 0.3) is 5.91 Å². The molecule has 6 aliphatic heterocycles. The van der Waals surface area contributed by atoms with Crippen molar-refractivity contribution >= 4 is 35.4 Å². The molecule has 0 spiro atoms. The number of aliphatic hydroxyl groups excluding tert-OH is 1. The van der Waals surface area contributed by atoms with Gasteiger partial charge in [0, 0.05) is 51.9 Å². The third-order valence-corrected chi connectivity index (χ3v) is 10.2. The topological polar surface area (TPSA) is 142 Å². The zero-order valence-corrected chi connectivity index (χ0v) is 26.0. The average Bonchev–Trinajstić information content (AvgIpc) is 3.61. The first-order valence-corrected chi connectivity index (χ1v) is 16.7. The van der Waals surface area contributed by atoms with E-state index in [9.17, 15) is 33.9 Å². The molecule has 4 saturated heterocycles. The molecule has 0 aromatic rings. The van der Waals surface area contributed by atoms with Gasteiger partial charge in [-0.1, -0.05) is 0 Å². The predicted octanol–water partition coefficient (Wildman–Crippen LogP) is 1.11. The Labute approximate surface area is 263 Å². The largest absolute Gasteiger partial charge is 0.510 e. The van der Waals surface area contributed by atoms with Crippen LogP contribution >= 0.6 is 0 Å². The van der Waals surface area contributed by atoms with Crippen molar-refractivity contribution in [1.29, 1.82) is 0 Å². The van der Waals surface area contributed by atoms with Gasteiger partial charge in [0.2, 0.25) is 5.91 Å². The Morgan fingerprint density at radius 1 is 0.578 bits per heavy atom. The summed E-state index contributed by atoms with van der Waals surface area (Å²) in [5.74, 6) is -3.35. The maximum absolute atomic E-state index is 13.9. The van der Waals surface area contributed by atoms with Crippen LogP contribution in [-0.4, -0.2) is 135 Å². The number of rotatable bonds is 3. The van der Waals surface area contributed by atoms with Crippen LogP contribution < -0.4 is 0 Å². The minimum absolute atomic E-state index is 0.0188. The Bertz CT molecular complexity index is 1310. The molecule has 0 bridgehead atoms. The van der Waals surface area contributed by atoms with Crippen molar-refractivity contribution in [1.82, 2.24) is 29.4 Å². The second-order valence-corrected chi connectivity index (χ2v) is 13.0. The molecule has 0 aliphatic carbocycles. The smallest absolute Gasteiger partial charge is 0.313 e. The van der Waals surface area contributed by atoms with E-state index in [0.29, 0.717) is 57.7 Å². The molecule has 1 N–H and O–H groups in total. The summed E-state index contributed by atoms with van der Waals surface area (Å²) in [5, 5.41) is 11.1. The fraction of sp³-hybridized carbons (Fsp3) is 0.688. The van der Waals surface area contributed by atoms with Crippen molar-refractivity contribution in [2.45, 2.75) is 89.4 Å². The third-order valence-electron chi connectivity index (χ3n) is 10.2. The number of likely N-dealkylation sites (tertiary alicyclic amines) is 4. The second kappa shape index (κ2) is 13.2. The maximum Gasteiger partial charge on any atom is 0.313 e. The molecule has 0 radical (unpaired) electrons. The summed E-state index contributed by atoms with van der Waals surface area (Å²) in [6.07, 6.45) is 9.56. The number of hydrogen-bond donors (Lipinski definition) is 1. The zero-order chi connectivity index (χ0) is 31.7. The summed E-state index contributed by atoms with van der Waals surface area (Å²) in [7, 11) is 0. The van der Waals surface area contributed by atoms with Crippen LogP contribution in [0.25, 0.3) is 0 Å². The lowest BCUT2D eigenvalue weighted by Crippen LogP contribution is -2.58. The van der Waals surface area contributed by atoms with Crippen LogP contribution in [-0.2, 0) is 28.8 Å². The number of nitrogens with zero attached hydrogens (tertiary/aromatic N) is 6. The normalized spacial score (nSPS) is 26.5. The summed E-state index contributed by atoms with van der Waals surface area (Å²) in [6.45, 7) is 2.82. The average molecular weight is 625 g/mol. The molecule has 13 nitrogen and oxygen atoms in total. The summed E-state index contributed by atoms with van der Waals surface area (Å²) < 4.78 is 0. The van der Waals surface area contributed by atoms with Crippen molar-refractivity contribution in [3.8, 4) is 0 Å². The molecule has 4 fully saturated rings. The minimum atomic E-state index is -0.673. The number of amides is 6. The Morgan fingerprint density at radius 3 is 1.56 bits per heavy atom. The highest BCUT2D eigenvalue weighted by Gasteiger charge is 2.46. The number of aliphatic hydroxyl groups is 1. The molecular formula is C32H44N6O7. The van der Waals surface area contributed by atoms with Gasteiger partial charge in [0.05, 0.1) is 12.1 Å². The summed E-state index contributed by atoms with van der Waals surface area (Å²) in [4.78, 5) is 89.2. The van der Waals surface area contributed by atoms with E-state index in [1.54, 1.807) is 9.80 Å². The van der Waals surface area contributed by atoms with Gasteiger partial charge in [-0.25, -0.2) is 0 Å². The second-order valence-electron chi connectivity index (χ2n) is 13.0.